The first-order chi connectivity index (χ1) is 7.49. The van der Waals surface area contributed by atoms with Crippen molar-refractivity contribution < 1.29 is 8.42 Å². The molecule has 0 saturated heterocycles. The largest absolute Gasteiger partial charge is 0.251 e. The molecule has 0 aliphatic heterocycles. The smallest absolute Gasteiger partial charge is 0.232 e. The molecule has 92 valence electrons. The number of rotatable bonds is 6. The first-order valence-electron chi connectivity index (χ1n) is 4.62. The van der Waals surface area contributed by atoms with Crippen molar-refractivity contribution in [3.05, 3.63) is 10.7 Å². The lowest BCUT2D eigenvalue weighted by Gasteiger charge is -2.14. The van der Waals surface area contributed by atoms with Gasteiger partial charge in [0.1, 0.15) is 0 Å². The van der Waals surface area contributed by atoms with Crippen LogP contribution in [0, 0.1) is 0 Å². The molecule has 0 aromatic carbocycles. The molecule has 1 unspecified atom stereocenters. The molecule has 0 radical (unpaired) electrons. The van der Waals surface area contributed by atoms with Gasteiger partial charge < -0.3 is 0 Å². The highest BCUT2D eigenvalue weighted by Crippen LogP contribution is 2.22. The highest BCUT2D eigenvalue weighted by Gasteiger charge is 2.21. The molecule has 0 fully saturated rings. The lowest BCUT2D eigenvalue weighted by Crippen LogP contribution is -2.35. The van der Waals surface area contributed by atoms with Crippen molar-refractivity contribution in [1.82, 2.24) is 9.71 Å². The Labute approximate surface area is 109 Å². The maximum Gasteiger partial charge on any atom is 0.251 e. The van der Waals surface area contributed by atoms with E-state index in [0.717, 1.165) is 23.5 Å². The number of sulfonamides is 1. The van der Waals surface area contributed by atoms with E-state index in [1.807, 2.05) is 13.2 Å². The van der Waals surface area contributed by atoms with E-state index >= 15 is 0 Å². The number of nitrogens with zero attached hydrogens (tertiary/aromatic N) is 1. The molecule has 1 N–H and O–H groups in total. The second-order valence-electron chi connectivity index (χ2n) is 3.11. The Balaban J connectivity index is 2.78. The maximum atomic E-state index is 11.9. The summed E-state index contributed by atoms with van der Waals surface area (Å²) < 4.78 is 26.8. The van der Waals surface area contributed by atoms with Crippen LogP contribution in [0.3, 0.4) is 0 Å². The summed E-state index contributed by atoms with van der Waals surface area (Å²) in [5, 5.41) is 0. The van der Waals surface area contributed by atoms with Gasteiger partial charge in [0.05, 0.1) is 6.20 Å². The standard InChI is InChI=1S/C8H13ClN2O2S3/c1-3-6(5-14-2)11-16(12,13)7-4-10-8(9)15-7/h4,6,11H,3,5H2,1-2H3. The van der Waals surface area contributed by atoms with Crippen molar-refractivity contribution in [3.63, 3.8) is 0 Å². The van der Waals surface area contributed by atoms with Gasteiger partial charge >= 0.3 is 0 Å². The van der Waals surface area contributed by atoms with Crippen LogP contribution in [0.5, 0.6) is 0 Å². The molecule has 0 saturated carbocycles. The molecule has 0 spiro atoms. The first kappa shape index (κ1) is 14.2. The molecule has 1 rings (SSSR count). The zero-order valence-electron chi connectivity index (χ0n) is 8.94. The molecule has 1 heterocycles. The summed E-state index contributed by atoms with van der Waals surface area (Å²) >= 11 is 8.18. The fourth-order valence-corrected chi connectivity index (χ4v) is 4.53. The highest BCUT2D eigenvalue weighted by atomic mass is 35.5. The zero-order valence-corrected chi connectivity index (χ0v) is 12.1. The third-order valence-corrected chi connectivity index (χ3v) is 5.74. The molecular formula is C8H13ClN2O2S3. The van der Waals surface area contributed by atoms with E-state index in [9.17, 15) is 8.42 Å². The zero-order chi connectivity index (χ0) is 12.2. The number of aromatic nitrogens is 1. The van der Waals surface area contributed by atoms with Crippen LogP contribution in [0.2, 0.25) is 4.47 Å². The minimum atomic E-state index is -3.46. The molecule has 0 amide bonds. The molecule has 0 bridgehead atoms. The van der Waals surface area contributed by atoms with Crippen molar-refractivity contribution in [3.8, 4) is 0 Å². The van der Waals surface area contributed by atoms with E-state index in [4.69, 9.17) is 11.6 Å². The molecular weight excluding hydrogens is 288 g/mol. The van der Waals surface area contributed by atoms with Crippen LogP contribution in [0.25, 0.3) is 0 Å². The first-order valence-corrected chi connectivity index (χ1v) is 8.69. The highest BCUT2D eigenvalue weighted by molar-refractivity contribution is 7.98. The van der Waals surface area contributed by atoms with E-state index < -0.39 is 10.0 Å². The van der Waals surface area contributed by atoms with Crippen LogP contribution >= 0.6 is 34.7 Å². The van der Waals surface area contributed by atoms with Gasteiger partial charge in [-0.15, -0.1) is 0 Å². The molecule has 1 atom stereocenters. The van der Waals surface area contributed by atoms with Gasteiger partial charge in [-0.2, -0.15) is 11.8 Å². The lowest BCUT2D eigenvalue weighted by molar-refractivity contribution is 0.560. The summed E-state index contributed by atoms with van der Waals surface area (Å²) in [7, 11) is -3.46. The second kappa shape index (κ2) is 6.20. The Hall–Kier alpha value is 0.180. The second-order valence-corrected chi connectivity index (χ2v) is 7.58. The van der Waals surface area contributed by atoms with Gasteiger partial charge in [-0.25, -0.2) is 18.1 Å². The van der Waals surface area contributed by atoms with Gasteiger partial charge in [-0.05, 0) is 12.7 Å². The predicted octanol–water partition coefficient (Wildman–Crippen LogP) is 2.22. The Morgan fingerprint density at radius 3 is 2.81 bits per heavy atom. The minimum absolute atomic E-state index is 0.0547. The fourth-order valence-electron chi connectivity index (χ4n) is 1.08. The average molecular weight is 301 g/mol. The van der Waals surface area contributed by atoms with Gasteiger partial charge in [-0.1, -0.05) is 29.9 Å². The van der Waals surface area contributed by atoms with Crippen LogP contribution in [-0.2, 0) is 10.0 Å². The Kier molecular flexibility index (Phi) is 5.52. The number of hydrogen-bond acceptors (Lipinski definition) is 5. The summed E-state index contributed by atoms with van der Waals surface area (Å²) in [6.45, 7) is 1.95. The topological polar surface area (TPSA) is 59.1 Å². The van der Waals surface area contributed by atoms with Crippen LogP contribution in [0.15, 0.2) is 10.4 Å². The third-order valence-electron chi connectivity index (χ3n) is 1.90. The maximum absolute atomic E-state index is 11.9. The average Bonchev–Trinajstić information content (AvgIpc) is 2.64. The van der Waals surface area contributed by atoms with Crippen LogP contribution in [0.4, 0.5) is 0 Å². The number of thioether (sulfide) groups is 1. The summed E-state index contributed by atoms with van der Waals surface area (Å²) in [6.07, 6.45) is 3.98. The van der Waals surface area contributed by atoms with E-state index in [-0.39, 0.29) is 14.7 Å². The van der Waals surface area contributed by atoms with Crippen LogP contribution in [0.1, 0.15) is 13.3 Å². The van der Waals surface area contributed by atoms with Gasteiger partial charge in [0, 0.05) is 11.8 Å². The molecule has 8 heteroatoms. The van der Waals surface area contributed by atoms with Gasteiger partial charge in [0.2, 0.25) is 0 Å². The number of thiazole rings is 1. The Morgan fingerprint density at radius 2 is 2.38 bits per heavy atom. The van der Waals surface area contributed by atoms with Gasteiger partial charge in [0.25, 0.3) is 10.0 Å². The lowest BCUT2D eigenvalue weighted by atomic mass is 10.3. The van der Waals surface area contributed by atoms with Crippen molar-refractivity contribution in [2.75, 3.05) is 12.0 Å². The van der Waals surface area contributed by atoms with E-state index in [0.29, 0.717) is 0 Å². The molecule has 4 nitrogen and oxygen atoms in total. The van der Waals surface area contributed by atoms with Crippen LogP contribution < -0.4 is 4.72 Å². The van der Waals surface area contributed by atoms with Crippen molar-refractivity contribution in [1.29, 1.82) is 0 Å². The molecule has 0 aliphatic rings. The Bertz CT molecular complexity index is 432. The molecule has 0 aliphatic carbocycles. The quantitative estimate of drug-likeness (QED) is 0.875. The minimum Gasteiger partial charge on any atom is -0.232 e. The van der Waals surface area contributed by atoms with Gasteiger partial charge in [-0.3, -0.25) is 0 Å². The predicted molar refractivity (Wildman–Crippen MR) is 69.9 cm³/mol. The summed E-state index contributed by atoms with van der Waals surface area (Å²) in [5.41, 5.74) is 0. The summed E-state index contributed by atoms with van der Waals surface area (Å²) in [6, 6.07) is -0.0547. The SMILES string of the molecule is CCC(CSC)NS(=O)(=O)c1cnc(Cl)s1. The third kappa shape index (κ3) is 3.89. The Morgan fingerprint density at radius 1 is 1.69 bits per heavy atom. The number of halogens is 1. The van der Waals surface area contributed by atoms with E-state index in [1.165, 1.54) is 6.20 Å². The summed E-state index contributed by atoms with van der Waals surface area (Å²) in [4.78, 5) is 3.72. The molecule has 1 aromatic rings. The monoisotopic (exact) mass is 300 g/mol. The van der Waals surface area contributed by atoms with Crippen molar-refractivity contribution >= 4 is 44.7 Å². The molecule has 1 aromatic heterocycles. The number of hydrogen-bond donors (Lipinski definition) is 1. The van der Waals surface area contributed by atoms with Crippen molar-refractivity contribution in [2.45, 2.75) is 23.6 Å². The normalized spacial score (nSPS) is 13.9. The fraction of sp³-hybridized carbons (Fsp3) is 0.625. The number of nitrogens with one attached hydrogen (secondary N) is 1. The van der Waals surface area contributed by atoms with Crippen molar-refractivity contribution in [2.24, 2.45) is 0 Å². The van der Waals surface area contributed by atoms with Crippen LogP contribution in [-0.4, -0.2) is 31.5 Å². The van der Waals surface area contributed by atoms with E-state index in [1.54, 1.807) is 11.8 Å². The van der Waals surface area contributed by atoms with Gasteiger partial charge in [0.15, 0.2) is 8.68 Å². The van der Waals surface area contributed by atoms with E-state index in [2.05, 4.69) is 9.71 Å². The molecule has 16 heavy (non-hydrogen) atoms. The summed E-state index contributed by atoms with van der Waals surface area (Å²) in [5.74, 6) is 0.752.